The van der Waals surface area contributed by atoms with E-state index < -0.39 is 6.03 Å². The summed E-state index contributed by atoms with van der Waals surface area (Å²) in [6, 6.07) is 8.53. The molecule has 1 aliphatic rings. The van der Waals surface area contributed by atoms with Crippen LogP contribution in [0.4, 0.5) is 33.6 Å². The second-order valence-corrected chi connectivity index (χ2v) is 7.79. The smallest absolute Gasteiger partial charge is 0.324 e. The highest BCUT2D eigenvalue weighted by Crippen LogP contribution is 2.33. The minimum Gasteiger partial charge on any atom is -0.485 e. The molecule has 3 heterocycles. The molecule has 10 heteroatoms. The largest absolute Gasteiger partial charge is 0.485 e. The third-order valence-electron chi connectivity index (χ3n) is 4.32. The number of nitrogens with one attached hydrogen (secondary N) is 4. The average Bonchev–Trinajstić information content (AvgIpc) is 3.17. The molecule has 1 aliphatic heterocycles. The number of hydrogen-bond donors (Lipinski definition) is 4. The van der Waals surface area contributed by atoms with E-state index >= 15 is 0 Å². The molecule has 0 bridgehead atoms. The number of nitrogens with zero attached hydrogens (tertiary/aromatic N) is 3. The molecule has 156 valence electrons. The zero-order valence-corrected chi connectivity index (χ0v) is 16.9. The molecule has 1 aromatic carbocycles. The van der Waals surface area contributed by atoms with E-state index in [0.29, 0.717) is 47.8 Å². The Labute approximate surface area is 173 Å². The number of amides is 2. The molecule has 0 unspecified atom stereocenters. The third-order valence-corrected chi connectivity index (χ3v) is 4.32. The van der Waals surface area contributed by atoms with Gasteiger partial charge in [-0.15, -0.1) is 0 Å². The number of aromatic nitrogens is 3. The van der Waals surface area contributed by atoms with Gasteiger partial charge in [-0.25, -0.2) is 14.8 Å². The van der Waals surface area contributed by atoms with E-state index in [1.807, 2.05) is 32.9 Å². The maximum atomic E-state index is 12.3. The first kappa shape index (κ1) is 19.5. The molecule has 0 atom stereocenters. The van der Waals surface area contributed by atoms with Crippen LogP contribution in [0, 0.1) is 0 Å². The summed E-state index contributed by atoms with van der Waals surface area (Å²) >= 11 is 0. The number of urea groups is 1. The zero-order valence-electron chi connectivity index (χ0n) is 16.9. The van der Waals surface area contributed by atoms with Crippen LogP contribution >= 0.6 is 0 Å². The summed E-state index contributed by atoms with van der Waals surface area (Å²) in [6.45, 7) is 7.25. The standard InChI is InChI=1S/C20H23N7O3/c1-20(2,3)14-10-15(27-30-14)26-19(28)25-13-6-4-5-12(9-13)24-18-16-17(22-11-23-18)21-7-8-29-16/h4-6,9-11H,7-8H2,1-3H3,(H2,21,22,23,24)(H2,25,26,27,28). The van der Waals surface area contributed by atoms with Crippen LogP contribution in [0.1, 0.15) is 26.5 Å². The SMILES string of the molecule is CC(C)(C)c1cc(NC(=O)Nc2cccc(Nc3ncnc4c3OCCN4)c2)no1. The Bertz CT molecular complexity index is 1060. The fourth-order valence-corrected chi connectivity index (χ4v) is 2.83. The minimum atomic E-state index is -0.423. The van der Waals surface area contributed by atoms with E-state index in [9.17, 15) is 4.79 Å². The quantitative estimate of drug-likeness (QED) is 0.510. The van der Waals surface area contributed by atoms with Crippen molar-refractivity contribution in [2.75, 3.05) is 34.4 Å². The normalized spacial score (nSPS) is 12.9. The average molecular weight is 409 g/mol. The van der Waals surface area contributed by atoms with Crippen molar-refractivity contribution in [3.05, 3.63) is 42.4 Å². The van der Waals surface area contributed by atoms with E-state index in [-0.39, 0.29) is 5.41 Å². The van der Waals surface area contributed by atoms with Crippen LogP contribution in [0.15, 0.2) is 41.2 Å². The summed E-state index contributed by atoms with van der Waals surface area (Å²) in [4.78, 5) is 20.7. The van der Waals surface area contributed by atoms with Gasteiger partial charge < -0.3 is 25.2 Å². The van der Waals surface area contributed by atoms with Gasteiger partial charge in [0.25, 0.3) is 0 Å². The van der Waals surface area contributed by atoms with Crippen molar-refractivity contribution < 1.29 is 14.1 Å². The molecule has 30 heavy (non-hydrogen) atoms. The molecule has 0 aliphatic carbocycles. The van der Waals surface area contributed by atoms with Crippen molar-refractivity contribution >= 4 is 34.9 Å². The summed E-state index contributed by atoms with van der Waals surface area (Å²) in [6.07, 6.45) is 1.46. The predicted octanol–water partition coefficient (Wildman–Crippen LogP) is 3.95. The number of ether oxygens (including phenoxy) is 1. The summed E-state index contributed by atoms with van der Waals surface area (Å²) in [5.74, 6) is 2.80. The van der Waals surface area contributed by atoms with Crippen molar-refractivity contribution in [1.82, 2.24) is 15.1 Å². The summed E-state index contributed by atoms with van der Waals surface area (Å²) in [5.41, 5.74) is 1.14. The summed E-state index contributed by atoms with van der Waals surface area (Å²) in [5, 5.41) is 15.7. The molecule has 0 saturated carbocycles. The van der Waals surface area contributed by atoms with Crippen molar-refractivity contribution in [1.29, 1.82) is 0 Å². The predicted molar refractivity (Wildman–Crippen MR) is 114 cm³/mol. The molecule has 0 radical (unpaired) electrons. The van der Waals surface area contributed by atoms with Crippen molar-refractivity contribution in [3.8, 4) is 5.75 Å². The van der Waals surface area contributed by atoms with Gasteiger partial charge in [-0.1, -0.05) is 32.0 Å². The highest BCUT2D eigenvalue weighted by atomic mass is 16.5. The second-order valence-electron chi connectivity index (χ2n) is 7.79. The van der Waals surface area contributed by atoms with E-state index in [1.54, 1.807) is 18.2 Å². The van der Waals surface area contributed by atoms with E-state index in [0.717, 1.165) is 5.69 Å². The van der Waals surface area contributed by atoms with E-state index in [1.165, 1.54) is 6.33 Å². The van der Waals surface area contributed by atoms with Crippen LogP contribution in [0.2, 0.25) is 0 Å². The Balaban J connectivity index is 1.42. The lowest BCUT2D eigenvalue weighted by atomic mass is 9.93. The monoisotopic (exact) mass is 409 g/mol. The lowest BCUT2D eigenvalue weighted by molar-refractivity contribution is 0.262. The number of fused-ring (bicyclic) bond motifs is 1. The summed E-state index contributed by atoms with van der Waals surface area (Å²) in [7, 11) is 0. The van der Waals surface area contributed by atoms with Crippen molar-refractivity contribution in [2.24, 2.45) is 0 Å². The fraction of sp³-hybridized carbons (Fsp3) is 0.300. The van der Waals surface area contributed by atoms with Gasteiger partial charge in [-0.3, -0.25) is 5.32 Å². The Morgan fingerprint density at radius 3 is 2.77 bits per heavy atom. The lowest BCUT2D eigenvalue weighted by Gasteiger charge is -2.20. The highest BCUT2D eigenvalue weighted by Gasteiger charge is 2.20. The molecule has 10 nitrogen and oxygen atoms in total. The first-order chi connectivity index (χ1) is 14.4. The van der Waals surface area contributed by atoms with Gasteiger partial charge in [-0.05, 0) is 18.2 Å². The van der Waals surface area contributed by atoms with Gasteiger partial charge in [0, 0.05) is 22.9 Å². The number of hydrogen-bond acceptors (Lipinski definition) is 8. The van der Waals surface area contributed by atoms with Crippen LogP contribution in [0.3, 0.4) is 0 Å². The number of rotatable bonds is 4. The van der Waals surface area contributed by atoms with Gasteiger partial charge in [-0.2, -0.15) is 0 Å². The first-order valence-electron chi connectivity index (χ1n) is 9.52. The third kappa shape index (κ3) is 4.43. The van der Waals surface area contributed by atoms with Gasteiger partial charge >= 0.3 is 6.03 Å². The highest BCUT2D eigenvalue weighted by molar-refractivity contribution is 5.99. The molecule has 4 N–H and O–H groups in total. The number of benzene rings is 1. The van der Waals surface area contributed by atoms with Crippen LogP contribution < -0.4 is 26.0 Å². The van der Waals surface area contributed by atoms with Gasteiger partial charge in [0.15, 0.2) is 17.5 Å². The van der Waals surface area contributed by atoms with Gasteiger partial charge in [0.2, 0.25) is 5.75 Å². The molecular formula is C20H23N7O3. The van der Waals surface area contributed by atoms with Crippen LogP contribution in [-0.4, -0.2) is 34.3 Å². The molecule has 0 fully saturated rings. The Hall–Kier alpha value is -3.82. The molecule has 0 saturated heterocycles. The topological polar surface area (TPSA) is 126 Å². The molecule has 2 aromatic heterocycles. The van der Waals surface area contributed by atoms with Gasteiger partial charge in [0.1, 0.15) is 18.7 Å². The zero-order chi connectivity index (χ0) is 21.1. The molecular weight excluding hydrogens is 386 g/mol. The van der Waals surface area contributed by atoms with Crippen LogP contribution in [0.25, 0.3) is 0 Å². The molecule has 2 amide bonds. The summed E-state index contributed by atoms with van der Waals surface area (Å²) < 4.78 is 10.9. The van der Waals surface area contributed by atoms with Crippen LogP contribution in [0.5, 0.6) is 5.75 Å². The second kappa shape index (κ2) is 7.90. The number of anilines is 5. The lowest BCUT2D eigenvalue weighted by Crippen LogP contribution is -2.20. The van der Waals surface area contributed by atoms with E-state index in [2.05, 4.69) is 36.4 Å². The molecule has 0 spiro atoms. The first-order valence-corrected chi connectivity index (χ1v) is 9.52. The Kier molecular flexibility index (Phi) is 5.13. The maximum Gasteiger partial charge on any atom is 0.324 e. The maximum absolute atomic E-state index is 12.3. The van der Waals surface area contributed by atoms with Gasteiger partial charge in [0.05, 0.1) is 6.54 Å². The number of carbonyl (C=O) groups excluding carboxylic acids is 1. The number of carbonyl (C=O) groups is 1. The van der Waals surface area contributed by atoms with E-state index in [4.69, 9.17) is 9.26 Å². The Morgan fingerprint density at radius 1 is 1.13 bits per heavy atom. The fourth-order valence-electron chi connectivity index (χ4n) is 2.83. The molecule has 3 aromatic rings. The van der Waals surface area contributed by atoms with Crippen molar-refractivity contribution in [3.63, 3.8) is 0 Å². The van der Waals surface area contributed by atoms with Crippen molar-refractivity contribution in [2.45, 2.75) is 26.2 Å². The molecule has 4 rings (SSSR count). The Morgan fingerprint density at radius 2 is 1.97 bits per heavy atom. The minimum absolute atomic E-state index is 0.192. The van der Waals surface area contributed by atoms with Crippen LogP contribution in [-0.2, 0) is 5.41 Å².